The number of rotatable bonds is 9. The molecule has 0 radical (unpaired) electrons. The molecule has 0 bridgehead atoms. The largest absolute Gasteiger partial charge is 0.379 e. The van der Waals surface area contributed by atoms with Gasteiger partial charge in [-0.2, -0.15) is 0 Å². The molecule has 0 aromatic heterocycles. The van der Waals surface area contributed by atoms with Crippen LogP contribution in [0.15, 0.2) is 47.4 Å². The SMILES string of the molecule is CC(C)OCCCNC(=O)CCS(=O)(=O)c1ccc2ccccc2c1. The number of sulfone groups is 1. The van der Waals surface area contributed by atoms with Crippen LogP contribution in [0.25, 0.3) is 10.8 Å². The van der Waals surface area contributed by atoms with E-state index in [9.17, 15) is 13.2 Å². The maximum atomic E-state index is 12.4. The van der Waals surface area contributed by atoms with Gasteiger partial charge < -0.3 is 10.1 Å². The molecule has 0 saturated heterocycles. The quantitative estimate of drug-likeness (QED) is 0.695. The molecule has 2 aromatic rings. The molecule has 1 N–H and O–H groups in total. The van der Waals surface area contributed by atoms with Crippen LogP contribution in [0, 0.1) is 0 Å². The minimum atomic E-state index is -3.48. The third kappa shape index (κ3) is 6.14. The highest BCUT2D eigenvalue weighted by Gasteiger charge is 2.16. The topological polar surface area (TPSA) is 72.5 Å². The fourth-order valence-corrected chi connectivity index (χ4v) is 3.68. The minimum absolute atomic E-state index is 0.0415. The van der Waals surface area contributed by atoms with Crippen LogP contribution in [-0.4, -0.2) is 39.3 Å². The van der Waals surface area contributed by atoms with Crippen molar-refractivity contribution < 1.29 is 17.9 Å². The van der Waals surface area contributed by atoms with Crippen LogP contribution in [0.3, 0.4) is 0 Å². The zero-order valence-corrected chi connectivity index (χ0v) is 15.5. The maximum Gasteiger partial charge on any atom is 0.221 e. The molecular weight excluding hydrogens is 338 g/mol. The molecule has 0 atom stereocenters. The molecule has 0 heterocycles. The molecule has 25 heavy (non-hydrogen) atoms. The highest BCUT2D eigenvalue weighted by Crippen LogP contribution is 2.20. The van der Waals surface area contributed by atoms with E-state index in [1.807, 2.05) is 38.1 Å². The summed E-state index contributed by atoms with van der Waals surface area (Å²) in [5.74, 6) is -0.450. The predicted molar refractivity (Wildman–Crippen MR) is 99.3 cm³/mol. The van der Waals surface area contributed by atoms with Crippen molar-refractivity contribution in [3.63, 3.8) is 0 Å². The predicted octanol–water partition coefficient (Wildman–Crippen LogP) is 2.93. The van der Waals surface area contributed by atoms with Crippen LogP contribution in [-0.2, 0) is 19.4 Å². The number of hydrogen-bond acceptors (Lipinski definition) is 4. The number of benzene rings is 2. The van der Waals surface area contributed by atoms with Gasteiger partial charge in [-0.15, -0.1) is 0 Å². The van der Waals surface area contributed by atoms with Crippen molar-refractivity contribution in [2.75, 3.05) is 18.9 Å². The van der Waals surface area contributed by atoms with Crippen molar-refractivity contribution >= 4 is 26.5 Å². The van der Waals surface area contributed by atoms with Crippen molar-refractivity contribution in [1.82, 2.24) is 5.32 Å². The number of ether oxygens (including phenoxy) is 1. The Morgan fingerprint density at radius 2 is 1.84 bits per heavy atom. The molecule has 0 aliphatic rings. The maximum absolute atomic E-state index is 12.4. The van der Waals surface area contributed by atoms with E-state index < -0.39 is 9.84 Å². The number of carbonyl (C=O) groups is 1. The highest BCUT2D eigenvalue weighted by molar-refractivity contribution is 7.91. The van der Waals surface area contributed by atoms with E-state index in [0.29, 0.717) is 19.6 Å². The normalized spacial score (nSPS) is 11.8. The first-order chi connectivity index (χ1) is 11.9. The zero-order chi connectivity index (χ0) is 18.3. The fraction of sp³-hybridized carbons (Fsp3) is 0.421. The van der Waals surface area contributed by atoms with Gasteiger partial charge >= 0.3 is 0 Å². The van der Waals surface area contributed by atoms with Crippen LogP contribution in [0.1, 0.15) is 26.7 Å². The summed E-state index contributed by atoms with van der Waals surface area (Å²) in [6.07, 6.45) is 0.837. The first-order valence-corrected chi connectivity index (χ1v) is 10.1. The molecule has 6 heteroatoms. The Labute approximate surface area is 149 Å². The van der Waals surface area contributed by atoms with Gasteiger partial charge in [0.05, 0.1) is 16.8 Å². The Bertz CT molecular complexity index is 815. The van der Waals surface area contributed by atoms with Gasteiger partial charge in [0.25, 0.3) is 0 Å². The third-order valence-corrected chi connectivity index (χ3v) is 5.49. The van der Waals surface area contributed by atoms with Gasteiger partial charge in [-0.1, -0.05) is 30.3 Å². The highest BCUT2D eigenvalue weighted by atomic mass is 32.2. The second kappa shape index (κ2) is 8.97. The molecule has 1 amide bonds. The van der Waals surface area contributed by atoms with Gasteiger partial charge in [0.1, 0.15) is 0 Å². The van der Waals surface area contributed by atoms with Gasteiger partial charge in [-0.3, -0.25) is 4.79 Å². The van der Waals surface area contributed by atoms with Crippen LogP contribution < -0.4 is 5.32 Å². The molecule has 2 aromatic carbocycles. The van der Waals surface area contributed by atoms with Gasteiger partial charge in [-0.05, 0) is 43.2 Å². The molecule has 0 unspecified atom stereocenters. The molecule has 5 nitrogen and oxygen atoms in total. The van der Waals surface area contributed by atoms with Gasteiger partial charge in [-0.25, -0.2) is 8.42 Å². The third-order valence-electron chi connectivity index (χ3n) is 3.77. The van der Waals surface area contributed by atoms with Crippen LogP contribution in [0.5, 0.6) is 0 Å². The molecule has 0 saturated carbocycles. The van der Waals surface area contributed by atoms with Gasteiger partial charge in [0.2, 0.25) is 5.91 Å². The Morgan fingerprint density at radius 3 is 2.56 bits per heavy atom. The van der Waals surface area contributed by atoms with Crippen molar-refractivity contribution in [1.29, 1.82) is 0 Å². The van der Waals surface area contributed by atoms with Crippen molar-refractivity contribution in [2.45, 2.75) is 37.7 Å². The summed E-state index contributed by atoms with van der Waals surface area (Å²) in [7, 11) is -3.48. The molecule has 0 aliphatic heterocycles. The van der Waals surface area contributed by atoms with E-state index in [1.54, 1.807) is 18.2 Å². The number of carbonyl (C=O) groups excluding carboxylic acids is 1. The average Bonchev–Trinajstić information content (AvgIpc) is 2.59. The monoisotopic (exact) mass is 363 g/mol. The second-order valence-corrected chi connectivity index (χ2v) is 8.31. The Balaban J connectivity index is 1.84. The summed E-state index contributed by atoms with van der Waals surface area (Å²) in [6, 6.07) is 12.6. The summed E-state index contributed by atoms with van der Waals surface area (Å²) in [5.41, 5.74) is 0. The Hall–Kier alpha value is -1.92. The molecular formula is C19H25NO4S. The van der Waals surface area contributed by atoms with Crippen molar-refractivity contribution in [3.8, 4) is 0 Å². The lowest BCUT2D eigenvalue weighted by molar-refractivity contribution is -0.120. The lowest BCUT2D eigenvalue weighted by atomic mass is 10.1. The Morgan fingerprint density at radius 1 is 1.12 bits per heavy atom. The smallest absolute Gasteiger partial charge is 0.221 e. The average molecular weight is 363 g/mol. The Kier molecular flexibility index (Phi) is 6.96. The summed E-state index contributed by atoms with van der Waals surface area (Å²) in [5, 5.41) is 4.59. The second-order valence-electron chi connectivity index (χ2n) is 6.20. The van der Waals surface area contributed by atoms with E-state index in [0.717, 1.165) is 10.8 Å². The van der Waals surface area contributed by atoms with E-state index in [1.165, 1.54) is 0 Å². The van der Waals surface area contributed by atoms with E-state index in [2.05, 4.69) is 5.32 Å². The number of amides is 1. The first-order valence-electron chi connectivity index (χ1n) is 8.48. The van der Waals surface area contributed by atoms with Crippen molar-refractivity contribution in [2.24, 2.45) is 0 Å². The first kappa shape index (κ1) is 19.4. The molecule has 0 spiro atoms. The minimum Gasteiger partial charge on any atom is -0.379 e. The van der Waals surface area contributed by atoms with Gasteiger partial charge in [0.15, 0.2) is 9.84 Å². The number of hydrogen-bond donors (Lipinski definition) is 1. The van der Waals surface area contributed by atoms with E-state index in [4.69, 9.17) is 4.74 Å². The fourth-order valence-electron chi connectivity index (χ4n) is 2.41. The molecule has 0 aliphatic carbocycles. The molecule has 136 valence electrons. The zero-order valence-electron chi connectivity index (χ0n) is 14.7. The van der Waals surface area contributed by atoms with Crippen LogP contribution in [0.2, 0.25) is 0 Å². The lowest BCUT2D eigenvalue weighted by Crippen LogP contribution is -2.27. The number of fused-ring (bicyclic) bond motifs is 1. The summed E-state index contributed by atoms with van der Waals surface area (Å²) in [4.78, 5) is 12.1. The summed E-state index contributed by atoms with van der Waals surface area (Å²) in [6.45, 7) is 4.97. The molecule has 2 rings (SSSR count). The lowest BCUT2D eigenvalue weighted by Gasteiger charge is -2.09. The van der Waals surface area contributed by atoms with Crippen LogP contribution >= 0.6 is 0 Å². The standard InChI is InChI=1S/C19H25NO4S/c1-15(2)24-12-5-11-20-19(21)10-13-25(22,23)18-9-8-16-6-3-4-7-17(16)14-18/h3-4,6-9,14-15H,5,10-13H2,1-2H3,(H,20,21). The van der Waals surface area contributed by atoms with E-state index in [-0.39, 0.29) is 29.1 Å². The summed E-state index contributed by atoms with van der Waals surface area (Å²) < 4.78 is 30.2. The number of nitrogens with one attached hydrogen (secondary N) is 1. The van der Waals surface area contributed by atoms with Crippen LogP contribution in [0.4, 0.5) is 0 Å². The molecule has 0 fully saturated rings. The summed E-state index contributed by atoms with van der Waals surface area (Å²) >= 11 is 0. The van der Waals surface area contributed by atoms with E-state index >= 15 is 0 Å². The van der Waals surface area contributed by atoms with Crippen molar-refractivity contribution in [3.05, 3.63) is 42.5 Å². The van der Waals surface area contributed by atoms with Gasteiger partial charge in [0, 0.05) is 19.6 Å².